The molecule has 3 aromatic carbocycles. The van der Waals surface area contributed by atoms with Gasteiger partial charge in [-0.15, -0.1) is 5.10 Å². The number of anilines is 1. The Balaban J connectivity index is 1.54. The predicted octanol–water partition coefficient (Wildman–Crippen LogP) is 4.99. The Morgan fingerprint density at radius 2 is 1.81 bits per heavy atom. The number of aromatic nitrogens is 3. The Hall–Kier alpha value is -4.24. The molecule has 0 fully saturated rings. The van der Waals surface area contributed by atoms with Crippen LogP contribution in [0.4, 0.5) is 5.95 Å². The Bertz CT molecular complexity index is 1450. The molecule has 4 aromatic rings. The number of benzene rings is 3. The molecule has 1 atom stereocenters. The molecule has 0 radical (unpaired) electrons. The van der Waals surface area contributed by atoms with Gasteiger partial charge in [-0.3, -0.25) is 4.79 Å². The van der Waals surface area contributed by atoms with Crippen molar-refractivity contribution in [1.29, 1.82) is 5.26 Å². The van der Waals surface area contributed by atoms with Crippen LogP contribution in [0.2, 0.25) is 0 Å². The van der Waals surface area contributed by atoms with Gasteiger partial charge in [-0.2, -0.15) is 10.2 Å². The number of nitrogens with zero attached hydrogens (tertiary/aromatic N) is 4. The van der Waals surface area contributed by atoms with E-state index < -0.39 is 0 Å². The van der Waals surface area contributed by atoms with Gasteiger partial charge in [0.25, 0.3) is 0 Å². The van der Waals surface area contributed by atoms with Crippen LogP contribution in [0.25, 0.3) is 22.2 Å². The normalized spacial score (nSPS) is 17.5. The van der Waals surface area contributed by atoms with Crippen molar-refractivity contribution in [2.45, 2.75) is 25.3 Å². The zero-order chi connectivity index (χ0) is 21.7. The fourth-order valence-electron chi connectivity index (χ4n) is 4.74. The van der Waals surface area contributed by atoms with E-state index >= 15 is 0 Å². The van der Waals surface area contributed by atoms with Gasteiger partial charge >= 0.3 is 0 Å². The molecule has 0 bridgehead atoms. The summed E-state index contributed by atoms with van der Waals surface area (Å²) in [7, 11) is 0. The van der Waals surface area contributed by atoms with Gasteiger partial charge in [-0.25, -0.2) is 4.68 Å². The number of rotatable bonds is 2. The molecular weight excluding hydrogens is 398 g/mol. The molecule has 1 aliphatic carbocycles. The number of ketones is 1. The molecule has 154 valence electrons. The second-order valence-corrected chi connectivity index (χ2v) is 8.16. The van der Waals surface area contributed by atoms with Crippen LogP contribution >= 0.6 is 0 Å². The van der Waals surface area contributed by atoms with Crippen LogP contribution in [0, 0.1) is 11.3 Å². The largest absolute Gasteiger partial charge is 0.328 e. The van der Waals surface area contributed by atoms with Crippen molar-refractivity contribution in [3.05, 3.63) is 89.1 Å². The van der Waals surface area contributed by atoms with Crippen molar-refractivity contribution < 1.29 is 4.79 Å². The van der Waals surface area contributed by atoms with Crippen LogP contribution in [0.15, 0.2) is 78.0 Å². The summed E-state index contributed by atoms with van der Waals surface area (Å²) in [6, 6.07) is 23.5. The first-order valence-corrected chi connectivity index (χ1v) is 10.7. The summed E-state index contributed by atoms with van der Waals surface area (Å²) in [5, 5.41) is 19.7. The molecule has 0 saturated carbocycles. The summed E-state index contributed by atoms with van der Waals surface area (Å²) < 4.78 is 1.82. The monoisotopic (exact) mass is 417 g/mol. The second-order valence-electron chi connectivity index (χ2n) is 8.16. The van der Waals surface area contributed by atoms with Gasteiger partial charge in [0.1, 0.15) is 6.04 Å². The number of nitrogens with one attached hydrogen (secondary N) is 1. The number of carbonyl (C=O) groups excluding carboxylic acids is 1. The Morgan fingerprint density at radius 1 is 1.00 bits per heavy atom. The van der Waals surface area contributed by atoms with Gasteiger partial charge in [0, 0.05) is 23.3 Å². The third-order valence-electron chi connectivity index (χ3n) is 6.25. The Morgan fingerprint density at radius 3 is 2.66 bits per heavy atom. The molecule has 2 heterocycles. The van der Waals surface area contributed by atoms with Crippen molar-refractivity contribution in [3.63, 3.8) is 0 Å². The summed E-state index contributed by atoms with van der Waals surface area (Å²) in [6.07, 6.45) is 2.17. The van der Waals surface area contributed by atoms with Gasteiger partial charge < -0.3 is 5.32 Å². The van der Waals surface area contributed by atoms with E-state index in [4.69, 9.17) is 10.1 Å². The van der Waals surface area contributed by atoms with Gasteiger partial charge in [-0.05, 0) is 41.3 Å². The summed E-state index contributed by atoms with van der Waals surface area (Å²) >= 11 is 0. The Labute approximate surface area is 184 Å². The van der Waals surface area contributed by atoms with Crippen LogP contribution in [-0.4, -0.2) is 20.5 Å². The van der Waals surface area contributed by atoms with Gasteiger partial charge in [0.15, 0.2) is 11.6 Å². The summed E-state index contributed by atoms with van der Waals surface area (Å²) in [5.41, 5.74) is 4.14. The zero-order valence-electron chi connectivity index (χ0n) is 17.2. The molecule has 6 rings (SSSR count). The van der Waals surface area contributed by atoms with Crippen LogP contribution in [0.1, 0.15) is 36.4 Å². The molecule has 2 aliphatic rings. The number of hydrogen-bond acceptors (Lipinski definition) is 5. The SMILES string of the molecule is N#Cc1ccc(C2C3=C(CCCC3=O)Nc3nc(-c4cccc5ccccc45)nn32)cc1. The fourth-order valence-corrected chi connectivity index (χ4v) is 4.74. The third kappa shape index (κ3) is 2.83. The van der Waals surface area contributed by atoms with Crippen LogP contribution in [0.5, 0.6) is 0 Å². The number of Topliss-reactive ketones (excluding diaryl/α,β-unsaturated/α-hetero) is 1. The number of fused-ring (bicyclic) bond motifs is 2. The van der Waals surface area contributed by atoms with E-state index in [0.29, 0.717) is 23.8 Å². The highest BCUT2D eigenvalue weighted by Crippen LogP contribution is 2.41. The average molecular weight is 417 g/mol. The molecule has 6 nitrogen and oxygen atoms in total. The summed E-state index contributed by atoms with van der Waals surface area (Å²) in [4.78, 5) is 17.8. The highest BCUT2D eigenvalue weighted by molar-refractivity contribution is 5.99. The number of nitriles is 1. The van der Waals surface area contributed by atoms with Crippen LogP contribution in [0.3, 0.4) is 0 Å². The molecule has 1 aliphatic heterocycles. The topological polar surface area (TPSA) is 83.6 Å². The maximum absolute atomic E-state index is 13.0. The lowest BCUT2D eigenvalue weighted by Crippen LogP contribution is -2.31. The maximum atomic E-state index is 13.0. The minimum atomic E-state index is -0.363. The number of carbonyl (C=O) groups is 1. The predicted molar refractivity (Wildman–Crippen MR) is 122 cm³/mol. The minimum Gasteiger partial charge on any atom is -0.328 e. The van der Waals surface area contributed by atoms with Crippen molar-refractivity contribution in [2.24, 2.45) is 0 Å². The molecule has 32 heavy (non-hydrogen) atoms. The Kier molecular flexibility index (Phi) is 4.15. The van der Waals surface area contributed by atoms with E-state index in [1.807, 2.05) is 41.1 Å². The standard InChI is InChI=1S/C26H19N5O/c27-15-16-11-13-18(14-12-16)24-23-21(9-4-10-22(23)32)28-26-29-25(30-31(24)26)20-8-3-6-17-5-1-2-7-19(17)20/h1-3,5-8,11-14,24H,4,9-10H2,(H,28,29,30). The lowest BCUT2D eigenvalue weighted by atomic mass is 9.85. The van der Waals surface area contributed by atoms with E-state index in [-0.39, 0.29) is 11.8 Å². The number of allylic oxidation sites excluding steroid dienone is 2. The smallest absolute Gasteiger partial charge is 0.226 e. The van der Waals surface area contributed by atoms with E-state index in [0.717, 1.165) is 46.0 Å². The molecule has 1 aromatic heterocycles. The second kappa shape index (κ2) is 7.17. The maximum Gasteiger partial charge on any atom is 0.226 e. The fraction of sp³-hybridized carbons (Fsp3) is 0.154. The third-order valence-corrected chi connectivity index (χ3v) is 6.25. The highest BCUT2D eigenvalue weighted by Gasteiger charge is 2.37. The molecule has 1 N–H and O–H groups in total. The van der Waals surface area contributed by atoms with Crippen molar-refractivity contribution >= 4 is 22.5 Å². The van der Waals surface area contributed by atoms with E-state index in [9.17, 15) is 10.1 Å². The van der Waals surface area contributed by atoms with Crippen LogP contribution in [-0.2, 0) is 4.79 Å². The number of hydrogen-bond donors (Lipinski definition) is 1. The lowest BCUT2D eigenvalue weighted by molar-refractivity contribution is -0.116. The molecule has 0 saturated heterocycles. The quantitative estimate of drug-likeness (QED) is 0.497. The minimum absolute atomic E-state index is 0.140. The van der Waals surface area contributed by atoms with Gasteiger partial charge in [0.05, 0.1) is 11.6 Å². The van der Waals surface area contributed by atoms with Crippen molar-refractivity contribution in [2.75, 3.05) is 5.32 Å². The van der Waals surface area contributed by atoms with E-state index in [1.54, 1.807) is 12.1 Å². The molecule has 0 spiro atoms. The molecular formula is C26H19N5O. The van der Waals surface area contributed by atoms with Gasteiger partial charge in [-0.1, -0.05) is 54.6 Å². The first kappa shape index (κ1) is 18.5. The van der Waals surface area contributed by atoms with Crippen molar-refractivity contribution in [1.82, 2.24) is 14.8 Å². The lowest BCUT2D eigenvalue weighted by Gasteiger charge is -2.32. The first-order chi connectivity index (χ1) is 15.7. The molecule has 0 amide bonds. The summed E-state index contributed by atoms with van der Waals surface area (Å²) in [6.45, 7) is 0. The first-order valence-electron chi connectivity index (χ1n) is 10.7. The highest BCUT2D eigenvalue weighted by atomic mass is 16.1. The zero-order valence-corrected chi connectivity index (χ0v) is 17.2. The van der Waals surface area contributed by atoms with Gasteiger partial charge in [0.2, 0.25) is 5.95 Å². The van der Waals surface area contributed by atoms with E-state index in [2.05, 4.69) is 29.6 Å². The van der Waals surface area contributed by atoms with E-state index in [1.165, 1.54) is 0 Å². The molecule has 1 unspecified atom stereocenters. The van der Waals surface area contributed by atoms with Crippen LogP contribution < -0.4 is 5.32 Å². The average Bonchev–Trinajstić information content (AvgIpc) is 3.26. The summed E-state index contributed by atoms with van der Waals surface area (Å²) in [5.74, 6) is 1.40. The van der Waals surface area contributed by atoms with Crippen molar-refractivity contribution in [3.8, 4) is 17.5 Å². The molecule has 6 heteroatoms.